The zero-order valence-corrected chi connectivity index (χ0v) is 29.7. The van der Waals surface area contributed by atoms with Crippen LogP contribution in [0, 0.1) is 26.7 Å². The van der Waals surface area contributed by atoms with Crippen molar-refractivity contribution >= 4 is 38.5 Å². The van der Waals surface area contributed by atoms with E-state index < -0.39 is 11.9 Å². The van der Waals surface area contributed by atoms with E-state index in [9.17, 15) is 0 Å². The third kappa shape index (κ3) is 21.6. The Kier molecular flexibility index (Phi) is 22.9. The summed E-state index contributed by atoms with van der Waals surface area (Å²) in [6, 6.07) is 0. The molecule has 2 N–H and O–H groups in total. The summed E-state index contributed by atoms with van der Waals surface area (Å²) in [7, 11) is 8.08. The van der Waals surface area contributed by atoms with Gasteiger partial charge in [-0.05, 0) is 77.8 Å². The first-order valence-corrected chi connectivity index (χ1v) is 20.5. The van der Waals surface area contributed by atoms with Gasteiger partial charge >= 0.3 is 62.1 Å². The molecule has 16 heteroatoms. The standard InChI is InChI=1S/2C9H14N4.2C2H4O2.2BrH.2Pt/c2*1-10-3-5-12(7-10)9-13-6-4-11(2)8-13;2*1-2(3)4;;;;/h2*3-8H,9H2,1-2H3;2*1H3,(H,3,4);2*1H;;/q2*-2;;;;;+2;+4/p-2. The second-order valence-electron chi connectivity index (χ2n) is 7.74. The van der Waals surface area contributed by atoms with Crippen LogP contribution in [0.5, 0.6) is 0 Å². The summed E-state index contributed by atoms with van der Waals surface area (Å²) in [5.74, 6) is -1.67. The molecule has 0 saturated heterocycles. The molecule has 0 fully saturated rings. The van der Waals surface area contributed by atoms with Gasteiger partial charge in [0.2, 0.25) is 0 Å². The van der Waals surface area contributed by atoms with Gasteiger partial charge in [-0.15, -0.1) is 0 Å². The van der Waals surface area contributed by atoms with Gasteiger partial charge in [-0.2, -0.15) is 26.7 Å². The SMILES string of the molecule is CC(=O)O.CC(=O)O.CN1C=CN(CN2C=CN(C)[CH-]2)[CH-]1.CN1C=CN(CN2C=CN(C)[CH-]2)[CH-]1.[Br][Pt+2][Br].[Pt+2]. The topological polar surface area (TPSA) is 101 Å². The number of halogens is 2. The van der Waals surface area contributed by atoms with Gasteiger partial charge in [0.25, 0.3) is 11.9 Å². The Bertz CT molecular complexity index is 676. The Hall–Kier alpha value is -1.36. The first-order valence-electron chi connectivity index (χ1n) is 10.6. The summed E-state index contributed by atoms with van der Waals surface area (Å²) in [5.41, 5.74) is 0. The van der Waals surface area contributed by atoms with Crippen LogP contribution in [0.1, 0.15) is 13.8 Å². The Morgan fingerprint density at radius 2 is 0.763 bits per heavy atom. The molecule has 4 rings (SSSR count). The quantitative estimate of drug-likeness (QED) is 0.406. The summed E-state index contributed by atoms with van der Waals surface area (Å²) in [6.07, 6.45) is 16.3. The van der Waals surface area contributed by atoms with E-state index in [0.717, 1.165) is 27.2 Å². The number of carbonyl (C=O) groups is 2. The van der Waals surface area contributed by atoms with Crippen LogP contribution in [0.2, 0.25) is 0 Å². The molecule has 222 valence electrons. The maximum Gasteiger partial charge on any atom is 2.00 e. The van der Waals surface area contributed by atoms with E-state index in [0.29, 0.717) is 0 Å². The fraction of sp³-hybridized carbons (Fsp3) is 0.364. The molecule has 0 atom stereocenters. The minimum Gasteiger partial charge on any atom is 2.00 e. The smallest absolute Gasteiger partial charge is 2.00 e. The van der Waals surface area contributed by atoms with Crippen LogP contribution in [0.15, 0.2) is 49.6 Å². The molecule has 4 aliphatic rings. The molecular weight excluding hydrogens is 990 g/mol. The zero-order valence-electron chi connectivity index (χ0n) is 22.0. The van der Waals surface area contributed by atoms with Gasteiger partial charge in [0.05, 0.1) is 0 Å². The Morgan fingerprint density at radius 1 is 0.605 bits per heavy atom. The van der Waals surface area contributed by atoms with E-state index in [4.69, 9.17) is 19.8 Å². The maximum absolute atomic E-state index is 9.00. The third-order valence-electron chi connectivity index (χ3n) is 3.95. The van der Waals surface area contributed by atoms with Gasteiger partial charge in [0.1, 0.15) is 0 Å². The van der Waals surface area contributed by atoms with Gasteiger partial charge in [0.15, 0.2) is 0 Å². The van der Waals surface area contributed by atoms with Crippen LogP contribution in [0.4, 0.5) is 0 Å². The number of carboxylic acids is 2. The minimum atomic E-state index is -0.833. The van der Waals surface area contributed by atoms with Crippen molar-refractivity contribution in [1.82, 2.24) is 39.2 Å². The fourth-order valence-electron chi connectivity index (χ4n) is 2.72. The van der Waals surface area contributed by atoms with E-state index in [1.165, 1.54) is 0 Å². The van der Waals surface area contributed by atoms with Crippen LogP contribution < -0.4 is 0 Å². The van der Waals surface area contributed by atoms with Crippen LogP contribution in [-0.2, 0) is 45.1 Å². The second kappa shape index (κ2) is 22.5. The predicted molar refractivity (Wildman–Crippen MR) is 146 cm³/mol. The van der Waals surface area contributed by atoms with Gasteiger partial charge in [-0.3, -0.25) is 9.59 Å². The zero-order chi connectivity index (χ0) is 28.4. The molecule has 0 aliphatic carbocycles. The van der Waals surface area contributed by atoms with Crippen LogP contribution in [0.25, 0.3) is 0 Å². The van der Waals surface area contributed by atoms with Gasteiger partial charge in [0, 0.05) is 27.2 Å². The molecule has 12 nitrogen and oxygen atoms in total. The van der Waals surface area contributed by atoms with Crippen molar-refractivity contribution in [2.24, 2.45) is 0 Å². The van der Waals surface area contributed by atoms with Gasteiger partial charge in [-0.1, -0.05) is 0 Å². The van der Waals surface area contributed by atoms with Crippen LogP contribution in [0.3, 0.4) is 0 Å². The summed E-state index contributed by atoms with van der Waals surface area (Å²) < 4.78 is 0. The van der Waals surface area contributed by atoms with Crippen molar-refractivity contribution in [2.75, 3.05) is 41.5 Å². The molecule has 4 heterocycles. The predicted octanol–water partition coefficient (Wildman–Crippen LogP) is 3.11. The Labute approximate surface area is 262 Å². The van der Waals surface area contributed by atoms with E-state index in [-0.39, 0.29) is 35.5 Å². The Balaban J connectivity index is 0. The van der Waals surface area contributed by atoms with Crippen LogP contribution >= 0.6 is 26.6 Å². The number of carboxylic acid groups (broad SMARTS) is 2. The van der Waals surface area contributed by atoms with Crippen molar-refractivity contribution in [2.45, 2.75) is 13.8 Å². The molecule has 38 heavy (non-hydrogen) atoms. The molecular formula is C22H36Br2N8O4Pt2. The molecule has 0 saturated carbocycles. The van der Waals surface area contributed by atoms with Crippen molar-refractivity contribution in [3.05, 3.63) is 76.3 Å². The summed E-state index contributed by atoms with van der Waals surface area (Å²) in [6.45, 7) is 12.1. The van der Waals surface area contributed by atoms with Crippen LogP contribution in [-0.4, -0.2) is 103 Å². The average molecular weight is 1030 g/mol. The molecule has 0 aromatic heterocycles. The number of hydrogen-bond donors (Lipinski definition) is 2. The summed E-state index contributed by atoms with van der Waals surface area (Å²) in [4.78, 5) is 34.6. The first kappa shape index (κ1) is 38.8. The van der Waals surface area contributed by atoms with Crippen molar-refractivity contribution in [3.63, 3.8) is 0 Å². The van der Waals surface area contributed by atoms with Gasteiger partial charge in [-0.25, -0.2) is 0 Å². The van der Waals surface area contributed by atoms with Crippen molar-refractivity contribution in [1.29, 1.82) is 0 Å². The molecule has 0 aromatic carbocycles. The summed E-state index contributed by atoms with van der Waals surface area (Å²) in [5, 5.41) is 14.8. The maximum atomic E-state index is 9.00. The monoisotopic (exact) mass is 1020 g/mol. The molecule has 0 amide bonds. The normalized spacial score (nSPS) is 16.3. The number of aliphatic carboxylic acids is 2. The Morgan fingerprint density at radius 3 is 0.868 bits per heavy atom. The minimum absolute atomic E-state index is 0. The molecule has 0 unspecified atom stereocenters. The summed E-state index contributed by atoms with van der Waals surface area (Å²) >= 11 is 6.56. The number of rotatable bonds is 4. The number of nitrogens with zero attached hydrogens (tertiary/aromatic N) is 8. The van der Waals surface area contributed by atoms with E-state index in [2.05, 4.69) is 97.7 Å². The van der Waals surface area contributed by atoms with Crippen molar-refractivity contribution < 1.29 is 55.3 Å². The van der Waals surface area contributed by atoms with E-state index >= 15 is 0 Å². The number of hydrogen-bond acceptors (Lipinski definition) is 10. The molecule has 0 spiro atoms. The second-order valence-corrected chi connectivity index (χ2v) is 17.7. The molecule has 4 aliphatic heterocycles. The molecule has 0 radical (unpaired) electrons. The first-order chi connectivity index (χ1) is 17.4. The average Bonchev–Trinajstić information content (AvgIpc) is 3.55. The van der Waals surface area contributed by atoms with Gasteiger partial charge < -0.3 is 49.4 Å². The van der Waals surface area contributed by atoms with E-state index in [1.54, 1.807) is 0 Å². The largest absolute Gasteiger partial charge is 2.00 e. The van der Waals surface area contributed by atoms with E-state index in [1.807, 2.05) is 72.6 Å². The van der Waals surface area contributed by atoms with Crippen molar-refractivity contribution in [3.8, 4) is 0 Å². The molecule has 0 bridgehead atoms. The third-order valence-corrected chi connectivity index (χ3v) is 3.95. The molecule has 0 aromatic rings. The fourth-order valence-corrected chi connectivity index (χ4v) is 2.72.